The first-order valence-corrected chi connectivity index (χ1v) is 13.9. The molecule has 1 aliphatic rings. The summed E-state index contributed by atoms with van der Waals surface area (Å²) in [5.41, 5.74) is 3.52. The number of benzene rings is 3. The molecule has 9 heteroatoms. The number of halogens is 1. The Morgan fingerprint density at radius 1 is 1.13 bits per heavy atom. The van der Waals surface area contributed by atoms with Gasteiger partial charge in [-0.15, -0.1) is 11.3 Å². The average Bonchev–Trinajstić information content (AvgIpc) is 3.34. The van der Waals surface area contributed by atoms with Crippen molar-refractivity contribution in [1.29, 1.82) is 0 Å². The van der Waals surface area contributed by atoms with Gasteiger partial charge in [0.1, 0.15) is 22.2 Å². The number of nitrogens with one attached hydrogen (secondary N) is 1. The molecule has 0 saturated carbocycles. The third-order valence-electron chi connectivity index (χ3n) is 6.60. The number of aryl methyl sites for hydroxylation is 1. The highest BCUT2D eigenvalue weighted by atomic mass is 35.5. The summed E-state index contributed by atoms with van der Waals surface area (Å²) in [5, 5.41) is 14.3. The lowest BCUT2D eigenvalue weighted by molar-refractivity contribution is 0.0696. The molecular formula is C30H28ClN3O4S. The summed E-state index contributed by atoms with van der Waals surface area (Å²) < 4.78 is 5.95. The molecule has 1 saturated heterocycles. The van der Waals surface area contributed by atoms with Gasteiger partial charge in [-0.05, 0) is 49.6 Å². The maximum atomic E-state index is 13.2. The van der Waals surface area contributed by atoms with Crippen molar-refractivity contribution < 1.29 is 19.4 Å². The molecule has 0 radical (unpaired) electrons. The third-order valence-corrected chi connectivity index (χ3v) is 8.06. The van der Waals surface area contributed by atoms with Crippen LogP contribution in [0.15, 0.2) is 72.8 Å². The lowest BCUT2D eigenvalue weighted by Gasteiger charge is -2.35. The van der Waals surface area contributed by atoms with Crippen LogP contribution in [0, 0.1) is 6.92 Å². The minimum atomic E-state index is -1.01. The van der Waals surface area contributed by atoms with Gasteiger partial charge in [0.2, 0.25) is 0 Å². The predicted octanol–water partition coefficient (Wildman–Crippen LogP) is 6.45. The number of anilines is 1. The molecule has 1 fully saturated rings. The quantitative estimate of drug-likeness (QED) is 0.257. The van der Waals surface area contributed by atoms with Gasteiger partial charge in [-0.3, -0.25) is 4.79 Å². The lowest BCUT2D eigenvalue weighted by Crippen LogP contribution is -2.47. The first-order chi connectivity index (χ1) is 18.9. The third kappa shape index (κ3) is 6.58. The number of thiazole rings is 1. The minimum Gasteiger partial charge on any atom is -0.489 e. The van der Waals surface area contributed by atoms with E-state index < -0.39 is 5.97 Å². The molecule has 3 aromatic carbocycles. The summed E-state index contributed by atoms with van der Waals surface area (Å²) in [6.45, 7) is 3.50. The lowest BCUT2D eigenvalue weighted by atomic mass is 10.0. The van der Waals surface area contributed by atoms with E-state index in [4.69, 9.17) is 16.3 Å². The molecule has 0 spiro atoms. The number of aromatic nitrogens is 1. The standard InChI is InChI=1S/C30H28ClN3O4S/c1-19-27(39-29(32-19)21-9-11-23(31)12-10-21)28(35)33-24-8-5-13-34(17-24)25-14-22(30(36)37)15-26(16-25)38-18-20-6-3-2-4-7-20/h2-4,6-7,9-12,14-16,24H,5,8,13,17-18H2,1H3,(H,33,35)(H,36,37). The van der Waals surface area contributed by atoms with E-state index in [1.54, 1.807) is 12.1 Å². The SMILES string of the molecule is Cc1nc(-c2ccc(Cl)cc2)sc1C(=O)NC1CCCN(c2cc(OCc3ccccc3)cc(C(=O)O)c2)C1. The smallest absolute Gasteiger partial charge is 0.335 e. The zero-order valence-corrected chi connectivity index (χ0v) is 23.0. The topological polar surface area (TPSA) is 91.8 Å². The van der Waals surface area contributed by atoms with Crippen LogP contribution in [-0.2, 0) is 6.61 Å². The number of piperidine rings is 1. The Bertz CT molecular complexity index is 1470. The number of carbonyl (C=O) groups excluding carboxylic acids is 1. The summed E-state index contributed by atoms with van der Waals surface area (Å²) in [6, 6.07) is 22.1. The molecular weight excluding hydrogens is 534 g/mol. The number of rotatable bonds is 8. The van der Waals surface area contributed by atoms with Gasteiger partial charge in [0.05, 0.1) is 11.3 Å². The van der Waals surface area contributed by atoms with Gasteiger partial charge in [0, 0.05) is 41.5 Å². The zero-order chi connectivity index (χ0) is 27.4. The molecule has 2 heterocycles. The van der Waals surface area contributed by atoms with E-state index in [-0.39, 0.29) is 17.5 Å². The van der Waals surface area contributed by atoms with Crippen molar-refractivity contribution in [3.05, 3.63) is 99.5 Å². The maximum absolute atomic E-state index is 13.2. The van der Waals surface area contributed by atoms with Crippen molar-refractivity contribution in [1.82, 2.24) is 10.3 Å². The Balaban J connectivity index is 1.28. The number of hydrogen-bond acceptors (Lipinski definition) is 6. The monoisotopic (exact) mass is 561 g/mol. The number of carboxylic acid groups (broad SMARTS) is 1. The summed E-state index contributed by atoms with van der Waals surface area (Å²) in [6.07, 6.45) is 1.69. The number of amides is 1. The average molecular weight is 562 g/mol. The van der Waals surface area contributed by atoms with Gasteiger partial charge in [0.15, 0.2) is 0 Å². The molecule has 0 aliphatic carbocycles. The van der Waals surface area contributed by atoms with Gasteiger partial charge in [-0.2, -0.15) is 0 Å². The van der Waals surface area contributed by atoms with Gasteiger partial charge < -0.3 is 20.1 Å². The van der Waals surface area contributed by atoms with Gasteiger partial charge >= 0.3 is 5.97 Å². The van der Waals surface area contributed by atoms with Crippen LogP contribution in [0.25, 0.3) is 10.6 Å². The molecule has 1 aromatic heterocycles. The van der Waals surface area contributed by atoms with Crippen LogP contribution in [0.3, 0.4) is 0 Å². The van der Waals surface area contributed by atoms with Crippen LogP contribution in [0.4, 0.5) is 5.69 Å². The van der Waals surface area contributed by atoms with Crippen molar-refractivity contribution in [2.45, 2.75) is 32.4 Å². The molecule has 7 nitrogen and oxygen atoms in total. The minimum absolute atomic E-state index is 0.0890. The Labute approximate surface area is 236 Å². The highest BCUT2D eigenvalue weighted by molar-refractivity contribution is 7.17. The molecule has 0 bridgehead atoms. The Morgan fingerprint density at radius 2 is 1.90 bits per heavy atom. The van der Waals surface area contributed by atoms with E-state index in [9.17, 15) is 14.7 Å². The van der Waals surface area contributed by atoms with Crippen LogP contribution in [0.2, 0.25) is 5.02 Å². The van der Waals surface area contributed by atoms with Crippen molar-refractivity contribution in [3.8, 4) is 16.3 Å². The van der Waals surface area contributed by atoms with E-state index in [0.29, 0.717) is 34.5 Å². The van der Waals surface area contributed by atoms with Gasteiger partial charge in [-0.25, -0.2) is 9.78 Å². The van der Waals surface area contributed by atoms with Crippen LogP contribution in [-0.4, -0.2) is 41.1 Å². The zero-order valence-electron chi connectivity index (χ0n) is 21.4. The fourth-order valence-electron chi connectivity index (χ4n) is 4.62. The van der Waals surface area contributed by atoms with Crippen molar-refractivity contribution >= 4 is 40.5 Å². The number of hydrogen-bond donors (Lipinski definition) is 2. The van der Waals surface area contributed by atoms with Gasteiger partial charge in [0.25, 0.3) is 5.91 Å². The summed E-state index contributed by atoms with van der Waals surface area (Å²) in [5.74, 6) is -0.668. The largest absolute Gasteiger partial charge is 0.489 e. The van der Waals surface area contributed by atoms with Crippen LogP contribution in [0.5, 0.6) is 5.75 Å². The second-order valence-electron chi connectivity index (χ2n) is 9.49. The predicted molar refractivity (Wildman–Crippen MR) is 154 cm³/mol. The highest BCUT2D eigenvalue weighted by Gasteiger charge is 2.25. The van der Waals surface area contributed by atoms with E-state index in [2.05, 4.69) is 15.2 Å². The second kappa shape index (κ2) is 11.9. The van der Waals surface area contributed by atoms with Gasteiger partial charge in [-0.1, -0.05) is 54.1 Å². The molecule has 4 aromatic rings. The van der Waals surface area contributed by atoms with Crippen molar-refractivity contribution in [2.75, 3.05) is 18.0 Å². The highest BCUT2D eigenvalue weighted by Crippen LogP contribution is 2.30. The molecule has 1 amide bonds. The van der Waals surface area contributed by atoms with E-state index in [1.807, 2.05) is 67.6 Å². The number of carboxylic acids is 1. The number of aromatic carboxylic acids is 1. The van der Waals surface area contributed by atoms with Crippen LogP contribution >= 0.6 is 22.9 Å². The Morgan fingerprint density at radius 3 is 2.64 bits per heavy atom. The first-order valence-electron chi connectivity index (χ1n) is 12.7. The van der Waals surface area contributed by atoms with E-state index >= 15 is 0 Å². The van der Waals surface area contributed by atoms with E-state index in [0.717, 1.165) is 41.2 Å². The first kappa shape index (κ1) is 26.7. The normalized spacial score (nSPS) is 15.1. The Hall–Kier alpha value is -3.88. The summed E-state index contributed by atoms with van der Waals surface area (Å²) >= 11 is 7.36. The molecule has 2 N–H and O–H groups in total. The molecule has 39 heavy (non-hydrogen) atoms. The summed E-state index contributed by atoms with van der Waals surface area (Å²) in [4.78, 5) is 32.3. The summed E-state index contributed by atoms with van der Waals surface area (Å²) in [7, 11) is 0. The number of carbonyl (C=O) groups is 2. The van der Waals surface area contributed by atoms with Crippen LogP contribution < -0.4 is 15.0 Å². The molecule has 200 valence electrons. The second-order valence-corrected chi connectivity index (χ2v) is 10.9. The Kier molecular flexibility index (Phi) is 8.14. The molecule has 1 aliphatic heterocycles. The van der Waals surface area contributed by atoms with E-state index in [1.165, 1.54) is 11.3 Å². The number of ether oxygens (including phenoxy) is 1. The van der Waals surface area contributed by atoms with Crippen molar-refractivity contribution in [2.24, 2.45) is 0 Å². The maximum Gasteiger partial charge on any atom is 0.335 e. The van der Waals surface area contributed by atoms with Crippen LogP contribution in [0.1, 0.15) is 44.1 Å². The number of nitrogens with zero attached hydrogens (tertiary/aromatic N) is 2. The fourth-order valence-corrected chi connectivity index (χ4v) is 5.72. The molecule has 1 unspecified atom stereocenters. The van der Waals surface area contributed by atoms with Crippen molar-refractivity contribution in [3.63, 3.8) is 0 Å². The fraction of sp³-hybridized carbons (Fsp3) is 0.233. The molecule has 5 rings (SSSR count). The molecule has 1 atom stereocenters.